The minimum atomic E-state index is -0.993. The zero-order chi connectivity index (χ0) is 30.1. The van der Waals surface area contributed by atoms with Crippen LogP contribution in [0.3, 0.4) is 0 Å². The number of aromatic carboxylic acids is 1. The fraction of sp³-hybridized carbons (Fsp3) is 0.194. The molecule has 0 spiro atoms. The van der Waals surface area contributed by atoms with Crippen LogP contribution in [0.25, 0.3) is 22.2 Å². The van der Waals surface area contributed by atoms with Crippen LogP contribution in [-0.4, -0.2) is 36.5 Å². The first kappa shape index (κ1) is 28.0. The molecule has 6 aromatic rings. The Hall–Kier alpha value is -5.17. The lowest BCUT2D eigenvalue weighted by Crippen LogP contribution is -2.38. The van der Waals surface area contributed by atoms with Crippen molar-refractivity contribution < 1.29 is 14.6 Å². The molecule has 0 aliphatic heterocycles. The molecule has 3 aromatic heterocycles. The van der Waals surface area contributed by atoms with Gasteiger partial charge in [0.15, 0.2) is 0 Å². The van der Waals surface area contributed by atoms with Crippen molar-refractivity contribution in [3.63, 3.8) is 0 Å². The predicted molar refractivity (Wildman–Crippen MR) is 169 cm³/mol. The fourth-order valence-corrected chi connectivity index (χ4v) is 5.92. The quantitative estimate of drug-likeness (QED) is 0.179. The first-order valence-corrected chi connectivity index (χ1v) is 14.5. The van der Waals surface area contributed by atoms with E-state index in [1.807, 2.05) is 94.6 Å². The summed E-state index contributed by atoms with van der Waals surface area (Å²) in [5.41, 5.74) is 4.49. The molecule has 0 atom stereocenters. The minimum absolute atomic E-state index is 0.0604. The van der Waals surface area contributed by atoms with Crippen LogP contribution < -0.4 is 4.74 Å². The summed E-state index contributed by atoms with van der Waals surface area (Å²) in [6.07, 6.45) is 3.48. The summed E-state index contributed by atoms with van der Waals surface area (Å²) in [5, 5.41) is 16.2. The van der Waals surface area contributed by atoms with Gasteiger partial charge >= 0.3 is 5.97 Å². The first-order chi connectivity index (χ1) is 20.8. The summed E-state index contributed by atoms with van der Waals surface area (Å²) >= 11 is 0. The monoisotopic (exact) mass is 570 g/mol. The normalized spacial score (nSPS) is 11.9. The molecule has 7 nitrogen and oxygen atoms in total. The highest BCUT2D eigenvalue weighted by molar-refractivity contribution is 5.99. The zero-order valence-corrected chi connectivity index (χ0v) is 24.7. The van der Waals surface area contributed by atoms with Gasteiger partial charge in [-0.3, -0.25) is 0 Å². The number of hydrogen-bond acceptors (Lipinski definition) is 4. The lowest BCUT2D eigenvalue weighted by Gasteiger charge is -2.37. The predicted octanol–water partition coefficient (Wildman–Crippen LogP) is 7.81. The van der Waals surface area contributed by atoms with Gasteiger partial charge in [-0.25, -0.2) is 14.5 Å². The fourth-order valence-electron chi connectivity index (χ4n) is 5.92. The van der Waals surface area contributed by atoms with Crippen molar-refractivity contribution in [2.24, 2.45) is 0 Å². The number of hydrogen-bond donors (Lipinski definition) is 1. The Morgan fingerprint density at radius 3 is 1.79 bits per heavy atom. The topological polar surface area (TPSA) is 82.2 Å². The average molecular weight is 571 g/mol. The molecule has 0 fully saturated rings. The molecule has 6 rings (SSSR count). The van der Waals surface area contributed by atoms with Crippen LogP contribution in [0, 0.1) is 0 Å². The molecule has 3 heterocycles. The Balaban J connectivity index is 1.79. The lowest BCUT2D eigenvalue weighted by molar-refractivity contribution is 0.0683. The van der Waals surface area contributed by atoms with E-state index in [2.05, 4.69) is 46.1 Å². The summed E-state index contributed by atoms with van der Waals surface area (Å²) in [5.74, 6) is -0.543. The summed E-state index contributed by atoms with van der Waals surface area (Å²) in [6, 6.07) is 34.6. The van der Waals surface area contributed by atoms with Gasteiger partial charge in [0.05, 0.1) is 17.0 Å². The Morgan fingerprint density at radius 1 is 0.814 bits per heavy atom. The number of pyridine rings is 1. The van der Waals surface area contributed by atoms with Crippen molar-refractivity contribution in [3.8, 4) is 17.1 Å². The van der Waals surface area contributed by atoms with Crippen molar-refractivity contribution >= 4 is 16.9 Å². The largest absolute Gasteiger partial charge is 0.477 e. The van der Waals surface area contributed by atoms with Gasteiger partial charge in [0.25, 0.3) is 0 Å². The highest BCUT2D eigenvalue weighted by Crippen LogP contribution is 2.45. The molecule has 43 heavy (non-hydrogen) atoms. The highest BCUT2D eigenvalue weighted by atomic mass is 16.5. The van der Waals surface area contributed by atoms with Crippen molar-refractivity contribution in [2.75, 3.05) is 0 Å². The molecule has 7 heteroatoms. The van der Waals surface area contributed by atoms with Gasteiger partial charge in [-0.1, -0.05) is 91.0 Å². The minimum Gasteiger partial charge on any atom is -0.477 e. The van der Waals surface area contributed by atoms with Crippen molar-refractivity contribution in [3.05, 3.63) is 138 Å². The maximum Gasteiger partial charge on any atom is 0.352 e. The first-order valence-electron chi connectivity index (χ1n) is 14.5. The molecule has 0 unspecified atom stereocenters. The van der Waals surface area contributed by atoms with E-state index in [-0.39, 0.29) is 17.8 Å². The van der Waals surface area contributed by atoms with E-state index in [0.29, 0.717) is 17.1 Å². The second-order valence-electron chi connectivity index (χ2n) is 11.2. The van der Waals surface area contributed by atoms with Gasteiger partial charge in [0, 0.05) is 24.0 Å². The molecule has 0 saturated carbocycles. The molecule has 0 aliphatic carbocycles. The van der Waals surface area contributed by atoms with Crippen LogP contribution in [0.2, 0.25) is 0 Å². The summed E-state index contributed by atoms with van der Waals surface area (Å²) in [6.45, 7) is 7.86. The third-order valence-corrected chi connectivity index (χ3v) is 7.70. The van der Waals surface area contributed by atoms with Crippen LogP contribution in [-0.2, 0) is 5.54 Å². The van der Waals surface area contributed by atoms with Gasteiger partial charge in [-0.05, 0) is 56.5 Å². The molecular weight excluding hydrogens is 536 g/mol. The smallest absolute Gasteiger partial charge is 0.352 e. The third kappa shape index (κ3) is 4.77. The van der Waals surface area contributed by atoms with Gasteiger partial charge < -0.3 is 14.4 Å². The van der Waals surface area contributed by atoms with E-state index in [9.17, 15) is 9.90 Å². The molecule has 1 N–H and O–H groups in total. The molecule has 216 valence electrons. The highest BCUT2D eigenvalue weighted by Gasteiger charge is 2.41. The molecule has 3 aromatic carbocycles. The summed E-state index contributed by atoms with van der Waals surface area (Å²) in [7, 11) is 0. The molecule has 0 bridgehead atoms. The van der Waals surface area contributed by atoms with Gasteiger partial charge in [0.1, 0.15) is 16.9 Å². The van der Waals surface area contributed by atoms with E-state index < -0.39 is 11.5 Å². The summed E-state index contributed by atoms with van der Waals surface area (Å²) < 4.78 is 10.1. The third-order valence-electron chi connectivity index (χ3n) is 7.70. The molecule has 0 aliphatic rings. The average Bonchev–Trinajstić information content (AvgIpc) is 3.63. The maximum atomic E-state index is 12.3. The van der Waals surface area contributed by atoms with E-state index in [1.165, 1.54) is 0 Å². The number of fused-ring (bicyclic) bond motifs is 1. The van der Waals surface area contributed by atoms with Gasteiger partial charge in [-0.2, -0.15) is 5.10 Å². The van der Waals surface area contributed by atoms with E-state index in [4.69, 9.17) is 9.84 Å². The lowest BCUT2D eigenvalue weighted by atomic mass is 9.77. The number of nitrogens with zero attached hydrogens (tertiary/aromatic N) is 4. The van der Waals surface area contributed by atoms with Gasteiger partial charge in [0.2, 0.25) is 5.88 Å². The van der Waals surface area contributed by atoms with E-state index in [0.717, 1.165) is 27.6 Å². The Bertz CT molecular complexity index is 1780. The van der Waals surface area contributed by atoms with Crippen LogP contribution >= 0.6 is 0 Å². The summed E-state index contributed by atoms with van der Waals surface area (Å²) in [4.78, 5) is 16.9. The molecule has 0 radical (unpaired) electrons. The second kappa shape index (κ2) is 11.2. The standard InChI is InChI=1S/C36H34N4O3/c1-24(2)39-23-26(22-31(39)35(41)42)33-32-30(20-21-37-34(32)43-25(3)4)40(38-33)36(27-14-8-5-9-15-27,28-16-10-6-11-17-28)29-18-12-7-13-19-29/h5-25H,1-4H3,(H,41,42). The SMILES string of the molecule is CC(C)Oc1nccc2c1c(-c1cc(C(=O)O)n(C(C)C)c1)nn2C(c1ccccc1)(c1ccccc1)c1ccccc1. The molecular formula is C36H34N4O3. The number of carbonyl (C=O) groups is 1. The number of carboxylic acid groups (broad SMARTS) is 1. The molecule has 0 saturated heterocycles. The van der Waals surface area contributed by atoms with Crippen LogP contribution in [0.15, 0.2) is 116 Å². The maximum absolute atomic E-state index is 12.3. The number of ether oxygens (including phenoxy) is 1. The van der Waals surface area contributed by atoms with Crippen molar-refractivity contribution in [2.45, 2.75) is 45.4 Å². The van der Waals surface area contributed by atoms with Crippen LogP contribution in [0.5, 0.6) is 5.88 Å². The van der Waals surface area contributed by atoms with E-state index in [1.54, 1.807) is 16.8 Å². The number of benzene rings is 3. The Labute approximate surface area is 251 Å². The number of rotatable bonds is 9. The van der Waals surface area contributed by atoms with Crippen LogP contribution in [0.1, 0.15) is 60.9 Å². The second-order valence-corrected chi connectivity index (χ2v) is 11.2. The number of carboxylic acids is 1. The zero-order valence-electron chi connectivity index (χ0n) is 24.7. The van der Waals surface area contributed by atoms with Crippen molar-refractivity contribution in [1.29, 1.82) is 0 Å². The Morgan fingerprint density at radius 2 is 1.35 bits per heavy atom. The number of aromatic nitrogens is 4. The van der Waals surface area contributed by atoms with Crippen LogP contribution in [0.4, 0.5) is 0 Å². The molecule has 0 amide bonds. The van der Waals surface area contributed by atoms with Gasteiger partial charge in [-0.15, -0.1) is 0 Å². The van der Waals surface area contributed by atoms with E-state index >= 15 is 0 Å². The van der Waals surface area contributed by atoms with Crippen molar-refractivity contribution in [1.82, 2.24) is 19.3 Å². The Kier molecular flexibility index (Phi) is 7.32.